The monoisotopic (exact) mass is 401 g/mol. The molecule has 3 aromatic rings. The van der Waals surface area contributed by atoms with Gasteiger partial charge in [-0.2, -0.15) is 4.98 Å². The molecule has 0 radical (unpaired) electrons. The average molecular weight is 401 g/mol. The van der Waals surface area contributed by atoms with Gasteiger partial charge in [0.25, 0.3) is 10.0 Å². The first-order valence-corrected chi connectivity index (χ1v) is 10.1. The van der Waals surface area contributed by atoms with Crippen LogP contribution in [-0.4, -0.2) is 24.9 Å². The molecule has 0 atom stereocenters. The quantitative estimate of drug-likeness (QED) is 0.556. The first kappa shape index (κ1) is 19.6. The summed E-state index contributed by atoms with van der Waals surface area (Å²) in [5.41, 5.74) is 1.86. The fourth-order valence-electron chi connectivity index (χ4n) is 2.50. The van der Waals surface area contributed by atoms with Crippen molar-refractivity contribution in [1.29, 1.82) is 0 Å². The lowest BCUT2D eigenvalue weighted by atomic mass is 10.3. The van der Waals surface area contributed by atoms with Gasteiger partial charge in [0.1, 0.15) is 11.6 Å². The summed E-state index contributed by atoms with van der Waals surface area (Å²) in [6.07, 6.45) is 0. The Kier molecular flexibility index (Phi) is 5.74. The lowest BCUT2D eigenvalue weighted by Crippen LogP contribution is -2.13. The number of halogens is 1. The van der Waals surface area contributed by atoms with E-state index >= 15 is 0 Å². The number of hydrogen-bond acceptors (Lipinski definition) is 6. The summed E-state index contributed by atoms with van der Waals surface area (Å²) < 4.78 is 40.4. The number of aromatic nitrogens is 2. The van der Waals surface area contributed by atoms with Crippen molar-refractivity contribution in [2.75, 3.05) is 21.9 Å². The number of anilines is 4. The minimum atomic E-state index is -3.87. The van der Waals surface area contributed by atoms with Gasteiger partial charge in [-0.05, 0) is 56.3 Å². The standard InChI is InChI=1S/C19H20FN5O2S/c1-3-21-18-11-13(2)22-19(24-18)23-15-7-9-16(10-8-15)25-28(26,27)17-6-4-5-14(20)12-17/h4-12,25H,3H2,1-2H3,(H2,21,22,23,24). The van der Waals surface area contributed by atoms with Gasteiger partial charge >= 0.3 is 0 Å². The van der Waals surface area contributed by atoms with Gasteiger partial charge in [0.15, 0.2) is 0 Å². The molecule has 0 saturated carbocycles. The number of benzene rings is 2. The lowest BCUT2D eigenvalue weighted by molar-refractivity contribution is 0.595. The molecule has 0 unspecified atom stereocenters. The van der Waals surface area contributed by atoms with E-state index in [1.807, 2.05) is 19.9 Å². The van der Waals surface area contributed by atoms with Crippen molar-refractivity contribution in [3.63, 3.8) is 0 Å². The molecule has 3 rings (SSSR count). The van der Waals surface area contributed by atoms with Crippen molar-refractivity contribution >= 4 is 33.2 Å². The Balaban J connectivity index is 1.73. The third kappa shape index (κ3) is 4.95. The van der Waals surface area contributed by atoms with Crippen LogP contribution < -0.4 is 15.4 Å². The molecular formula is C19H20FN5O2S. The Bertz CT molecular complexity index is 1070. The minimum absolute atomic E-state index is 0.140. The van der Waals surface area contributed by atoms with Gasteiger partial charge in [-0.15, -0.1) is 0 Å². The molecule has 0 spiro atoms. The number of sulfonamides is 1. The summed E-state index contributed by atoms with van der Waals surface area (Å²) in [4.78, 5) is 8.56. The lowest BCUT2D eigenvalue weighted by Gasteiger charge is -2.11. The molecule has 0 fully saturated rings. The predicted molar refractivity (Wildman–Crippen MR) is 108 cm³/mol. The molecule has 9 heteroatoms. The van der Waals surface area contributed by atoms with E-state index < -0.39 is 15.8 Å². The van der Waals surface area contributed by atoms with Crippen LogP contribution in [0.4, 0.5) is 27.5 Å². The van der Waals surface area contributed by atoms with Crippen LogP contribution in [0, 0.1) is 12.7 Å². The zero-order chi connectivity index (χ0) is 20.1. The van der Waals surface area contributed by atoms with Crippen LogP contribution in [-0.2, 0) is 10.0 Å². The van der Waals surface area contributed by atoms with Gasteiger partial charge < -0.3 is 10.6 Å². The Hall–Kier alpha value is -3.20. The second kappa shape index (κ2) is 8.22. The summed E-state index contributed by atoms with van der Waals surface area (Å²) in [5, 5.41) is 6.22. The zero-order valence-corrected chi connectivity index (χ0v) is 16.2. The Morgan fingerprint density at radius 2 is 1.71 bits per heavy atom. The first-order valence-electron chi connectivity index (χ1n) is 8.61. The van der Waals surface area contributed by atoms with Crippen LogP contribution in [0.2, 0.25) is 0 Å². The van der Waals surface area contributed by atoms with E-state index in [-0.39, 0.29) is 4.90 Å². The number of aryl methyl sites for hydroxylation is 1. The van der Waals surface area contributed by atoms with E-state index in [1.165, 1.54) is 18.2 Å². The van der Waals surface area contributed by atoms with Gasteiger partial charge in [0.2, 0.25) is 5.95 Å². The second-order valence-corrected chi connectivity index (χ2v) is 7.70. The normalized spacial score (nSPS) is 11.1. The summed E-state index contributed by atoms with van der Waals surface area (Å²) >= 11 is 0. The highest BCUT2D eigenvalue weighted by Crippen LogP contribution is 2.21. The molecule has 7 nitrogen and oxygen atoms in total. The maximum Gasteiger partial charge on any atom is 0.261 e. The summed E-state index contributed by atoms with van der Waals surface area (Å²) in [6, 6.07) is 13.3. The highest BCUT2D eigenvalue weighted by molar-refractivity contribution is 7.92. The van der Waals surface area contributed by atoms with Crippen LogP contribution in [0.25, 0.3) is 0 Å². The van der Waals surface area contributed by atoms with Crippen molar-refractivity contribution < 1.29 is 12.8 Å². The molecule has 0 aliphatic carbocycles. The molecule has 0 aliphatic rings. The van der Waals surface area contributed by atoms with Crippen molar-refractivity contribution in [3.8, 4) is 0 Å². The molecular weight excluding hydrogens is 381 g/mol. The first-order chi connectivity index (χ1) is 13.4. The molecule has 2 aromatic carbocycles. The molecule has 28 heavy (non-hydrogen) atoms. The van der Waals surface area contributed by atoms with Gasteiger partial charge in [0, 0.05) is 29.7 Å². The van der Waals surface area contributed by atoms with Gasteiger partial charge in [-0.25, -0.2) is 17.8 Å². The average Bonchev–Trinajstić information content (AvgIpc) is 2.63. The highest BCUT2D eigenvalue weighted by Gasteiger charge is 2.14. The summed E-state index contributed by atoms with van der Waals surface area (Å²) in [6.45, 7) is 4.60. The maximum atomic E-state index is 13.3. The molecule has 146 valence electrons. The van der Waals surface area contributed by atoms with Crippen LogP contribution in [0.3, 0.4) is 0 Å². The van der Waals surface area contributed by atoms with E-state index in [0.717, 1.165) is 24.1 Å². The molecule has 1 aromatic heterocycles. The Morgan fingerprint density at radius 1 is 1.00 bits per heavy atom. The largest absolute Gasteiger partial charge is 0.370 e. The zero-order valence-electron chi connectivity index (χ0n) is 15.4. The number of nitrogens with zero attached hydrogens (tertiary/aromatic N) is 2. The Morgan fingerprint density at radius 3 is 2.39 bits per heavy atom. The van der Waals surface area contributed by atoms with Gasteiger partial charge in [-0.3, -0.25) is 4.72 Å². The fourth-order valence-corrected chi connectivity index (χ4v) is 3.58. The molecule has 0 aliphatic heterocycles. The molecule has 0 bridgehead atoms. The highest BCUT2D eigenvalue weighted by atomic mass is 32.2. The van der Waals surface area contributed by atoms with Crippen LogP contribution in [0.5, 0.6) is 0 Å². The molecule has 1 heterocycles. The van der Waals surface area contributed by atoms with E-state index in [1.54, 1.807) is 24.3 Å². The minimum Gasteiger partial charge on any atom is -0.370 e. The van der Waals surface area contributed by atoms with Crippen molar-refractivity contribution in [1.82, 2.24) is 9.97 Å². The van der Waals surface area contributed by atoms with Crippen LogP contribution >= 0.6 is 0 Å². The van der Waals surface area contributed by atoms with Crippen molar-refractivity contribution in [2.24, 2.45) is 0 Å². The summed E-state index contributed by atoms with van der Waals surface area (Å²) in [7, 11) is -3.87. The molecule has 0 amide bonds. The van der Waals surface area contributed by atoms with E-state index in [2.05, 4.69) is 25.3 Å². The van der Waals surface area contributed by atoms with Crippen molar-refractivity contribution in [2.45, 2.75) is 18.7 Å². The number of nitrogens with one attached hydrogen (secondary N) is 3. The smallest absolute Gasteiger partial charge is 0.261 e. The maximum absolute atomic E-state index is 13.3. The second-order valence-electron chi connectivity index (χ2n) is 6.01. The van der Waals surface area contributed by atoms with E-state index in [4.69, 9.17) is 0 Å². The molecule has 3 N–H and O–H groups in total. The SMILES string of the molecule is CCNc1cc(C)nc(Nc2ccc(NS(=O)(=O)c3cccc(F)c3)cc2)n1. The van der Waals surface area contributed by atoms with Gasteiger partial charge in [0.05, 0.1) is 4.90 Å². The van der Waals surface area contributed by atoms with E-state index in [9.17, 15) is 12.8 Å². The third-order valence-corrected chi connectivity index (χ3v) is 5.09. The Labute approximate surface area is 163 Å². The van der Waals surface area contributed by atoms with Crippen molar-refractivity contribution in [3.05, 3.63) is 66.1 Å². The number of rotatable bonds is 7. The fraction of sp³-hybridized carbons (Fsp3) is 0.158. The summed E-state index contributed by atoms with van der Waals surface area (Å²) in [5.74, 6) is 0.540. The topological polar surface area (TPSA) is 96.0 Å². The van der Waals surface area contributed by atoms with E-state index in [0.29, 0.717) is 17.3 Å². The van der Waals surface area contributed by atoms with Crippen LogP contribution in [0.1, 0.15) is 12.6 Å². The predicted octanol–water partition coefficient (Wildman–Crippen LogP) is 3.90. The molecule has 0 saturated heterocycles. The number of hydrogen-bond donors (Lipinski definition) is 3. The van der Waals surface area contributed by atoms with Gasteiger partial charge in [-0.1, -0.05) is 6.07 Å². The van der Waals surface area contributed by atoms with Crippen LogP contribution in [0.15, 0.2) is 59.5 Å². The third-order valence-electron chi connectivity index (χ3n) is 3.71.